The van der Waals surface area contributed by atoms with Crippen LogP contribution in [0, 0.1) is 11.3 Å². The van der Waals surface area contributed by atoms with Crippen LogP contribution in [0.5, 0.6) is 0 Å². The van der Waals surface area contributed by atoms with Gasteiger partial charge in [0.2, 0.25) is 5.88 Å². The number of nitrogens with two attached hydrogens (primary N) is 1. The Hall–Kier alpha value is -3.23. The summed E-state index contributed by atoms with van der Waals surface area (Å²) >= 11 is 6.14. The molecule has 0 radical (unpaired) electrons. The van der Waals surface area contributed by atoms with E-state index < -0.39 is 11.9 Å². The Kier molecular flexibility index (Phi) is 5.49. The quantitative estimate of drug-likeness (QED) is 0.806. The minimum atomic E-state index is -0.739. The summed E-state index contributed by atoms with van der Waals surface area (Å²) in [7, 11) is 0. The van der Waals surface area contributed by atoms with Gasteiger partial charge >= 0.3 is 5.97 Å². The van der Waals surface area contributed by atoms with Gasteiger partial charge < -0.3 is 15.2 Å². The summed E-state index contributed by atoms with van der Waals surface area (Å²) in [6, 6.07) is 18.3. The van der Waals surface area contributed by atoms with E-state index in [4.69, 9.17) is 26.8 Å². The number of esters is 1. The molecular weight excluding hydrogens is 364 g/mol. The zero-order valence-electron chi connectivity index (χ0n) is 14.6. The molecule has 0 aliphatic carbocycles. The largest absolute Gasteiger partial charge is 0.462 e. The van der Waals surface area contributed by atoms with Gasteiger partial charge in [-0.2, -0.15) is 5.26 Å². The second kappa shape index (κ2) is 7.98. The molecule has 0 saturated carbocycles. The predicted molar refractivity (Wildman–Crippen MR) is 102 cm³/mol. The van der Waals surface area contributed by atoms with Gasteiger partial charge in [-0.3, -0.25) is 0 Å². The van der Waals surface area contributed by atoms with Crippen molar-refractivity contribution in [2.24, 2.45) is 5.73 Å². The Balaban J connectivity index is 2.24. The highest BCUT2D eigenvalue weighted by atomic mass is 35.5. The third-order valence-corrected chi connectivity index (χ3v) is 4.37. The number of ether oxygens (including phenoxy) is 2. The van der Waals surface area contributed by atoms with Crippen molar-refractivity contribution in [1.29, 1.82) is 5.26 Å². The number of rotatable bonds is 4. The maximum absolute atomic E-state index is 12.6. The van der Waals surface area contributed by atoms with Crippen LogP contribution >= 0.6 is 11.6 Å². The van der Waals surface area contributed by atoms with Gasteiger partial charge in [0.15, 0.2) is 5.76 Å². The average Bonchev–Trinajstić information content (AvgIpc) is 2.68. The van der Waals surface area contributed by atoms with E-state index in [0.29, 0.717) is 21.9 Å². The standard InChI is InChI=1S/C21H17ClN2O3/c1-2-26-21(25)18-17(14-9-6-10-15(22)11-14)16(12-23)19(27-20(18)24)13-7-4-3-5-8-13/h3-11,17H,2,24H2,1H3. The number of halogens is 1. The summed E-state index contributed by atoms with van der Waals surface area (Å²) in [5.74, 6) is -1.14. The van der Waals surface area contributed by atoms with Gasteiger partial charge in [0.05, 0.1) is 24.2 Å². The maximum Gasteiger partial charge on any atom is 0.340 e. The van der Waals surface area contributed by atoms with E-state index in [-0.39, 0.29) is 23.6 Å². The fourth-order valence-electron chi connectivity index (χ4n) is 3.00. The van der Waals surface area contributed by atoms with Crippen molar-refractivity contribution in [2.45, 2.75) is 12.8 Å². The van der Waals surface area contributed by atoms with Crippen LogP contribution in [0.15, 0.2) is 71.6 Å². The molecular formula is C21H17ClN2O3. The Morgan fingerprint density at radius 1 is 1.26 bits per heavy atom. The summed E-state index contributed by atoms with van der Waals surface area (Å²) in [6.45, 7) is 1.87. The molecule has 6 heteroatoms. The first-order chi connectivity index (χ1) is 13.1. The second-order valence-electron chi connectivity index (χ2n) is 5.81. The van der Waals surface area contributed by atoms with Crippen molar-refractivity contribution < 1.29 is 14.3 Å². The van der Waals surface area contributed by atoms with Crippen LogP contribution in [0.3, 0.4) is 0 Å². The number of hydrogen-bond acceptors (Lipinski definition) is 5. The van der Waals surface area contributed by atoms with Crippen molar-refractivity contribution in [1.82, 2.24) is 0 Å². The topological polar surface area (TPSA) is 85.3 Å². The Bertz CT molecular complexity index is 974. The van der Waals surface area contributed by atoms with Gasteiger partial charge in [-0.05, 0) is 24.6 Å². The van der Waals surface area contributed by atoms with Crippen molar-refractivity contribution in [3.05, 3.63) is 87.8 Å². The maximum atomic E-state index is 12.6. The van der Waals surface area contributed by atoms with Gasteiger partial charge in [0.25, 0.3) is 0 Å². The number of allylic oxidation sites excluding steroid dienone is 1. The van der Waals surface area contributed by atoms with Crippen LogP contribution in [-0.4, -0.2) is 12.6 Å². The van der Waals surface area contributed by atoms with Gasteiger partial charge in [-0.15, -0.1) is 0 Å². The highest BCUT2D eigenvalue weighted by Crippen LogP contribution is 2.43. The zero-order chi connectivity index (χ0) is 19.4. The fraction of sp³-hybridized carbons (Fsp3) is 0.143. The Morgan fingerprint density at radius 2 is 2.00 bits per heavy atom. The Labute approximate surface area is 162 Å². The number of hydrogen-bond donors (Lipinski definition) is 1. The SMILES string of the molecule is CCOC(=O)C1=C(N)OC(c2ccccc2)=C(C#N)C1c1cccc(Cl)c1. The molecule has 0 fully saturated rings. The normalized spacial score (nSPS) is 16.6. The van der Waals surface area contributed by atoms with Gasteiger partial charge in [0.1, 0.15) is 5.57 Å². The molecule has 0 spiro atoms. The summed E-state index contributed by atoms with van der Waals surface area (Å²) in [5, 5.41) is 10.4. The van der Waals surface area contributed by atoms with Crippen molar-refractivity contribution in [2.75, 3.05) is 6.61 Å². The first-order valence-corrected chi connectivity index (χ1v) is 8.74. The monoisotopic (exact) mass is 380 g/mol. The summed E-state index contributed by atoms with van der Waals surface area (Å²) < 4.78 is 10.9. The number of nitriles is 1. The lowest BCUT2D eigenvalue weighted by Crippen LogP contribution is -2.26. The molecule has 0 bridgehead atoms. The summed E-state index contributed by atoms with van der Waals surface area (Å²) in [4.78, 5) is 12.6. The summed E-state index contributed by atoms with van der Waals surface area (Å²) in [6.07, 6.45) is 0. The summed E-state index contributed by atoms with van der Waals surface area (Å²) in [5.41, 5.74) is 7.80. The smallest absolute Gasteiger partial charge is 0.340 e. The Morgan fingerprint density at radius 3 is 2.63 bits per heavy atom. The van der Waals surface area contributed by atoms with Gasteiger partial charge in [-0.25, -0.2) is 4.79 Å². The van der Waals surface area contributed by atoms with Crippen LogP contribution in [0.25, 0.3) is 5.76 Å². The van der Waals surface area contributed by atoms with Crippen molar-refractivity contribution in [3.63, 3.8) is 0 Å². The first kappa shape index (κ1) is 18.6. The minimum absolute atomic E-state index is 0.0868. The molecule has 1 aliphatic rings. The highest BCUT2D eigenvalue weighted by Gasteiger charge is 2.38. The lowest BCUT2D eigenvalue weighted by Gasteiger charge is -2.28. The molecule has 27 heavy (non-hydrogen) atoms. The highest BCUT2D eigenvalue weighted by molar-refractivity contribution is 6.30. The lowest BCUT2D eigenvalue weighted by molar-refractivity contribution is -0.139. The van der Waals surface area contributed by atoms with E-state index in [0.717, 1.165) is 0 Å². The molecule has 1 unspecified atom stereocenters. The van der Waals surface area contributed by atoms with Crippen LogP contribution in [-0.2, 0) is 14.3 Å². The average molecular weight is 381 g/mol. The molecule has 0 saturated heterocycles. The van der Waals surface area contributed by atoms with Crippen LogP contribution in [0.4, 0.5) is 0 Å². The molecule has 1 aliphatic heterocycles. The van der Waals surface area contributed by atoms with E-state index in [9.17, 15) is 10.1 Å². The van der Waals surface area contributed by atoms with Gasteiger partial charge in [0, 0.05) is 10.6 Å². The first-order valence-electron chi connectivity index (χ1n) is 8.36. The van der Waals surface area contributed by atoms with Crippen LogP contribution < -0.4 is 5.73 Å². The molecule has 1 heterocycles. The van der Waals surface area contributed by atoms with E-state index in [1.807, 2.05) is 30.3 Å². The number of carbonyl (C=O) groups is 1. The number of carbonyl (C=O) groups excluding carboxylic acids is 1. The molecule has 5 nitrogen and oxygen atoms in total. The van der Waals surface area contributed by atoms with Crippen molar-refractivity contribution >= 4 is 23.3 Å². The molecule has 1 atom stereocenters. The lowest BCUT2D eigenvalue weighted by atomic mass is 9.82. The van der Waals surface area contributed by atoms with E-state index in [1.165, 1.54) is 0 Å². The predicted octanol–water partition coefficient (Wildman–Crippen LogP) is 4.12. The third-order valence-electron chi connectivity index (χ3n) is 4.13. The van der Waals surface area contributed by atoms with E-state index >= 15 is 0 Å². The second-order valence-corrected chi connectivity index (χ2v) is 6.25. The number of benzene rings is 2. The van der Waals surface area contributed by atoms with Crippen LogP contribution in [0.1, 0.15) is 24.0 Å². The third kappa shape index (κ3) is 3.67. The van der Waals surface area contributed by atoms with Gasteiger partial charge in [-0.1, -0.05) is 54.1 Å². The molecule has 2 aromatic carbocycles. The molecule has 0 aromatic heterocycles. The zero-order valence-corrected chi connectivity index (χ0v) is 15.4. The molecule has 2 aromatic rings. The van der Waals surface area contributed by atoms with Crippen LogP contribution in [0.2, 0.25) is 5.02 Å². The molecule has 0 amide bonds. The number of nitrogens with zero attached hydrogens (tertiary/aromatic N) is 1. The molecule has 136 valence electrons. The van der Waals surface area contributed by atoms with E-state index in [1.54, 1.807) is 31.2 Å². The minimum Gasteiger partial charge on any atom is -0.462 e. The van der Waals surface area contributed by atoms with Crippen molar-refractivity contribution in [3.8, 4) is 6.07 Å². The molecule has 2 N–H and O–H groups in total. The van der Waals surface area contributed by atoms with E-state index in [2.05, 4.69) is 6.07 Å². The fourth-order valence-corrected chi connectivity index (χ4v) is 3.20. The molecule has 3 rings (SSSR count).